The van der Waals surface area contributed by atoms with Crippen molar-refractivity contribution < 1.29 is 23.5 Å². The van der Waals surface area contributed by atoms with E-state index in [1.54, 1.807) is 33.7 Å². The molecule has 4 heterocycles. The van der Waals surface area contributed by atoms with Crippen molar-refractivity contribution in [2.24, 2.45) is 0 Å². The molecule has 0 bridgehead atoms. The molecule has 2 amide bonds. The second kappa shape index (κ2) is 13.3. The minimum absolute atomic E-state index is 0.0457. The van der Waals surface area contributed by atoms with Gasteiger partial charge in [0, 0.05) is 37.8 Å². The van der Waals surface area contributed by atoms with E-state index >= 15 is 0 Å². The van der Waals surface area contributed by atoms with Crippen LogP contribution in [0.3, 0.4) is 0 Å². The molecule has 2 aromatic heterocycles. The SMILES string of the molecule is CCOc1cc(C(=O)N2CCOCC2)ccc1Nc1nc2ccc(N3CCC(NC(=O)Cc4ccc(F)cc4)CC3)cn2n1. The van der Waals surface area contributed by atoms with Crippen LogP contribution >= 0.6 is 0 Å². The van der Waals surface area contributed by atoms with Crippen molar-refractivity contribution >= 4 is 34.8 Å². The number of ether oxygens (including phenoxy) is 2. The highest BCUT2D eigenvalue weighted by Gasteiger charge is 2.23. The van der Waals surface area contributed by atoms with Crippen molar-refractivity contribution in [3.8, 4) is 5.75 Å². The van der Waals surface area contributed by atoms with Crippen LogP contribution < -0.4 is 20.3 Å². The maximum Gasteiger partial charge on any atom is 0.254 e. The molecule has 0 radical (unpaired) electrons. The molecule has 2 fully saturated rings. The highest BCUT2D eigenvalue weighted by molar-refractivity contribution is 5.95. The highest BCUT2D eigenvalue weighted by atomic mass is 19.1. The van der Waals surface area contributed by atoms with Crippen LogP contribution in [0.25, 0.3) is 5.65 Å². The Balaban J connectivity index is 1.07. The first-order valence-electron chi connectivity index (χ1n) is 15.0. The molecule has 0 unspecified atom stereocenters. The van der Waals surface area contributed by atoms with Gasteiger partial charge in [0.15, 0.2) is 5.65 Å². The largest absolute Gasteiger partial charge is 0.492 e. The number of amides is 2. The van der Waals surface area contributed by atoms with Gasteiger partial charge in [0.2, 0.25) is 11.9 Å². The van der Waals surface area contributed by atoms with Gasteiger partial charge in [0.25, 0.3) is 5.91 Å². The number of carbonyl (C=O) groups excluding carboxylic acids is 2. The Labute approximate surface area is 255 Å². The van der Waals surface area contributed by atoms with Crippen molar-refractivity contribution in [1.82, 2.24) is 24.8 Å². The first-order chi connectivity index (χ1) is 21.4. The van der Waals surface area contributed by atoms with Crippen LogP contribution in [0.15, 0.2) is 60.8 Å². The number of hydrogen-bond acceptors (Lipinski definition) is 8. The summed E-state index contributed by atoms with van der Waals surface area (Å²) in [6, 6.07) is 15.4. The van der Waals surface area contributed by atoms with E-state index in [-0.39, 0.29) is 30.1 Å². The Morgan fingerprint density at radius 1 is 1.02 bits per heavy atom. The minimum Gasteiger partial charge on any atom is -0.492 e. The van der Waals surface area contributed by atoms with Crippen LogP contribution in [0.2, 0.25) is 0 Å². The summed E-state index contributed by atoms with van der Waals surface area (Å²) in [6.45, 7) is 6.16. The molecular formula is C32H36FN7O4. The number of anilines is 3. The van der Waals surface area contributed by atoms with Crippen molar-refractivity contribution in [3.63, 3.8) is 0 Å². The lowest BCUT2D eigenvalue weighted by Crippen LogP contribution is -2.45. The lowest BCUT2D eigenvalue weighted by Gasteiger charge is -2.33. The van der Waals surface area contributed by atoms with Crippen LogP contribution in [0, 0.1) is 5.82 Å². The standard InChI is InChI=1S/C32H36FN7O4/c1-2-44-28-20-23(31(42)39-15-17-43-18-16-39)5-9-27(28)35-32-36-29-10-8-26(21-40(29)37-32)38-13-11-25(12-14-38)34-30(41)19-22-3-6-24(33)7-4-22/h3-10,20-21,25H,2,11-19H2,1H3,(H,34,41)(H,35,37). The van der Waals surface area contributed by atoms with Gasteiger partial charge in [-0.1, -0.05) is 12.1 Å². The zero-order valence-corrected chi connectivity index (χ0v) is 24.7. The first-order valence-corrected chi connectivity index (χ1v) is 15.0. The predicted octanol–water partition coefficient (Wildman–Crippen LogP) is 3.81. The lowest BCUT2D eigenvalue weighted by molar-refractivity contribution is -0.121. The average Bonchev–Trinajstić information content (AvgIpc) is 3.45. The number of benzene rings is 2. The fourth-order valence-corrected chi connectivity index (χ4v) is 5.56. The molecule has 44 heavy (non-hydrogen) atoms. The second-order valence-electron chi connectivity index (χ2n) is 10.9. The van der Waals surface area contributed by atoms with Gasteiger partial charge in [-0.3, -0.25) is 9.59 Å². The molecule has 4 aromatic rings. The number of pyridine rings is 1. The van der Waals surface area contributed by atoms with E-state index in [2.05, 4.69) is 25.6 Å². The van der Waals surface area contributed by atoms with Crippen molar-refractivity contribution in [2.45, 2.75) is 32.2 Å². The van der Waals surface area contributed by atoms with Crippen LogP contribution in [0.4, 0.5) is 21.7 Å². The predicted molar refractivity (Wildman–Crippen MR) is 164 cm³/mol. The molecule has 0 atom stereocenters. The van der Waals surface area contributed by atoms with Gasteiger partial charge < -0.3 is 29.9 Å². The zero-order chi connectivity index (χ0) is 30.5. The summed E-state index contributed by atoms with van der Waals surface area (Å²) in [4.78, 5) is 34.2. The molecule has 2 aliphatic rings. The summed E-state index contributed by atoms with van der Waals surface area (Å²) in [5, 5.41) is 11.0. The molecule has 2 N–H and O–H groups in total. The number of halogens is 1. The van der Waals surface area contributed by atoms with Gasteiger partial charge in [0.1, 0.15) is 11.6 Å². The maximum atomic E-state index is 13.1. The molecule has 0 aliphatic carbocycles. The third-order valence-electron chi connectivity index (χ3n) is 7.89. The Hall–Kier alpha value is -4.71. The Morgan fingerprint density at radius 2 is 1.80 bits per heavy atom. The summed E-state index contributed by atoms with van der Waals surface area (Å²) >= 11 is 0. The monoisotopic (exact) mass is 601 g/mol. The van der Waals surface area contributed by atoms with E-state index < -0.39 is 0 Å². The summed E-state index contributed by atoms with van der Waals surface area (Å²) in [5.74, 6) is 0.565. The molecule has 12 heteroatoms. The number of piperidine rings is 1. The summed E-state index contributed by atoms with van der Waals surface area (Å²) < 4.78 is 26.1. The van der Waals surface area contributed by atoms with Gasteiger partial charge >= 0.3 is 0 Å². The van der Waals surface area contributed by atoms with E-state index in [4.69, 9.17) is 9.47 Å². The van der Waals surface area contributed by atoms with E-state index in [9.17, 15) is 14.0 Å². The average molecular weight is 602 g/mol. The molecule has 2 saturated heterocycles. The molecule has 2 aromatic carbocycles. The van der Waals surface area contributed by atoms with Gasteiger partial charge in [-0.2, -0.15) is 4.98 Å². The maximum absolute atomic E-state index is 13.1. The van der Waals surface area contributed by atoms with Crippen molar-refractivity contribution in [3.05, 3.63) is 77.7 Å². The van der Waals surface area contributed by atoms with Crippen molar-refractivity contribution in [2.75, 3.05) is 56.2 Å². The van der Waals surface area contributed by atoms with Crippen LogP contribution in [0.5, 0.6) is 5.75 Å². The molecule has 230 valence electrons. The van der Waals surface area contributed by atoms with Crippen LogP contribution in [-0.2, 0) is 16.0 Å². The molecule has 11 nitrogen and oxygen atoms in total. The number of morpholine rings is 1. The quantitative estimate of drug-likeness (QED) is 0.298. The van der Waals surface area contributed by atoms with Gasteiger partial charge in [-0.15, -0.1) is 5.10 Å². The number of nitrogens with zero attached hydrogens (tertiary/aromatic N) is 5. The fraction of sp³-hybridized carbons (Fsp3) is 0.375. The van der Waals surface area contributed by atoms with E-state index in [0.29, 0.717) is 61.5 Å². The first kappa shape index (κ1) is 29.4. The molecular weight excluding hydrogens is 565 g/mol. The normalized spacial score (nSPS) is 15.8. The number of hydrogen-bond donors (Lipinski definition) is 2. The van der Waals surface area contributed by atoms with Gasteiger partial charge in [0.05, 0.1) is 43.8 Å². The Bertz CT molecular complexity index is 1610. The third kappa shape index (κ3) is 6.91. The number of rotatable bonds is 9. The number of nitrogens with one attached hydrogen (secondary N) is 2. The topological polar surface area (TPSA) is 113 Å². The van der Waals surface area contributed by atoms with E-state index in [1.807, 2.05) is 31.3 Å². The lowest BCUT2D eigenvalue weighted by atomic mass is 10.0. The second-order valence-corrected chi connectivity index (χ2v) is 10.9. The van der Waals surface area contributed by atoms with Gasteiger partial charge in [-0.25, -0.2) is 8.91 Å². The summed E-state index contributed by atoms with van der Waals surface area (Å²) in [5.41, 5.74) is 3.73. The molecule has 2 aliphatic heterocycles. The van der Waals surface area contributed by atoms with Gasteiger partial charge in [-0.05, 0) is 67.8 Å². The molecule has 0 saturated carbocycles. The Kier molecular flexibility index (Phi) is 8.87. The fourth-order valence-electron chi connectivity index (χ4n) is 5.56. The Morgan fingerprint density at radius 3 is 2.55 bits per heavy atom. The zero-order valence-electron chi connectivity index (χ0n) is 24.7. The molecule has 6 rings (SSSR count). The number of carbonyl (C=O) groups is 2. The number of fused-ring (bicyclic) bond motifs is 1. The highest BCUT2D eigenvalue weighted by Crippen LogP contribution is 2.29. The van der Waals surface area contributed by atoms with E-state index in [0.717, 1.165) is 37.2 Å². The number of aromatic nitrogens is 3. The molecule has 0 spiro atoms. The van der Waals surface area contributed by atoms with Crippen molar-refractivity contribution in [1.29, 1.82) is 0 Å². The van der Waals surface area contributed by atoms with E-state index in [1.165, 1.54) is 12.1 Å². The van der Waals surface area contributed by atoms with Crippen LogP contribution in [-0.4, -0.2) is 83.4 Å². The third-order valence-corrected chi connectivity index (χ3v) is 7.89. The van der Waals surface area contributed by atoms with Crippen LogP contribution in [0.1, 0.15) is 35.7 Å². The minimum atomic E-state index is -0.308. The summed E-state index contributed by atoms with van der Waals surface area (Å²) in [7, 11) is 0. The summed E-state index contributed by atoms with van der Waals surface area (Å²) in [6.07, 6.45) is 3.83. The smallest absolute Gasteiger partial charge is 0.254 e.